The van der Waals surface area contributed by atoms with Crippen LogP contribution in [0.3, 0.4) is 0 Å². The number of benzene rings is 7. The Morgan fingerprint density at radius 3 is 2.12 bits per heavy atom. The Kier molecular flexibility index (Phi) is 7.25. The summed E-state index contributed by atoms with van der Waals surface area (Å²) in [7, 11) is 0. The van der Waals surface area contributed by atoms with Gasteiger partial charge in [0.1, 0.15) is 5.71 Å². The maximum Gasteiger partial charge on any atom is 0.109 e. The second-order valence-electron chi connectivity index (χ2n) is 13.8. The van der Waals surface area contributed by atoms with Gasteiger partial charge >= 0.3 is 0 Å². The van der Waals surface area contributed by atoms with Crippen LogP contribution >= 0.6 is 0 Å². The van der Waals surface area contributed by atoms with E-state index in [2.05, 4.69) is 157 Å². The molecular formula is C47H36N4. The lowest BCUT2D eigenvalue weighted by Crippen LogP contribution is -2.18. The first-order valence-electron chi connectivity index (χ1n) is 17.4. The lowest BCUT2D eigenvalue weighted by molar-refractivity contribution is 0.660. The van der Waals surface area contributed by atoms with Gasteiger partial charge in [-0.3, -0.25) is 10.8 Å². The Morgan fingerprint density at radius 1 is 0.569 bits per heavy atom. The van der Waals surface area contributed by atoms with E-state index in [0.717, 1.165) is 55.8 Å². The summed E-state index contributed by atoms with van der Waals surface area (Å²) in [4.78, 5) is 2.35. The summed E-state index contributed by atoms with van der Waals surface area (Å²) in [6.45, 7) is 4.65. The van der Waals surface area contributed by atoms with E-state index in [-0.39, 0.29) is 5.41 Å². The zero-order valence-electron chi connectivity index (χ0n) is 28.6. The molecule has 0 aliphatic heterocycles. The fourth-order valence-corrected chi connectivity index (χ4v) is 7.75. The Bertz CT molecular complexity index is 2540. The number of rotatable bonds is 6. The van der Waals surface area contributed by atoms with Gasteiger partial charge in [-0.25, -0.2) is 0 Å². The van der Waals surface area contributed by atoms with E-state index in [0.29, 0.717) is 11.4 Å². The SMILES string of the molecule is CC1(C)c2ccccc2-c2cc(N(c3ccccc3)c3cccc(-c4ccc5c6c(ccc5c4)C=C/C(=N/Nc4ccccc4)C6=N)c3)ccc21. The highest BCUT2D eigenvalue weighted by molar-refractivity contribution is 6.55. The third-order valence-electron chi connectivity index (χ3n) is 10.3. The molecule has 7 aromatic rings. The van der Waals surface area contributed by atoms with Crippen LogP contribution in [0, 0.1) is 5.41 Å². The summed E-state index contributed by atoms with van der Waals surface area (Å²) < 4.78 is 0. The number of hydrogen-bond acceptors (Lipinski definition) is 4. The predicted octanol–water partition coefficient (Wildman–Crippen LogP) is 12.1. The van der Waals surface area contributed by atoms with Crippen molar-refractivity contribution in [2.75, 3.05) is 10.3 Å². The summed E-state index contributed by atoms with van der Waals surface area (Å²) in [6, 6.07) is 55.8. The second-order valence-corrected chi connectivity index (χ2v) is 13.8. The van der Waals surface area contributed by atoms with Gasteiger partial charge < -0.3 is 4.90 Å². The van der Waals surface area contributed by atoms with E-state index in [4.69, 9.17) is 5.41 Å². The number of hydrazone groups is 1. The van der Waals surface area contributed by atoms with Crippen LogP contribution in [0.15, 0.2) is 169 Å². The Balaban J connectivity index is 1.09. The minimum atomic E-state index is -0.0422. The summed E-state index contributed by atoms with van der Waals surface area (Å²) in [5, 5.41) is 15.8. The van der Waals surface area contributed by atoms with Crippen molar-refractivity contribution in [3.05, 3.63) is 186 Å². The first-order valence-corrected chi connectivity index (χ1v) is 17.4. The van der Waals surface area contributed by atoms with Crippen LogP contribution < -0.4 is 10.3 Å². The molecule has 7 aromatic carbocycles. The van der Waals surface area contributed by atoms with Gasteiger partial charge in [0.25, 0.3) is 0 Å². The minimum absolute atomic E-state index is 0.0422. The average Bonchev–Trinajstić information content (AvgIpc) is 3.40. The molecule has 0 spiro atoms. The van der Waals surface area contributed by atoms with Crippen LogP contribution in [-0.4, -0.2) is 11.4 Å². The fraction of sp³-hybridized carbons (Fsp3) is 0.0638. The van der Waals surface area contributed by atoms with Gasteiger partial charge in [0.2, 0.25) is 0 Å². The monoisotopic (exact) mass is 656 g/mol. The number of allylic oxidation sites excluding steroid dienone is 1. The van der Waals surface area contributed by atoms with Gasteiger partial charge in [0.15, 0.2) is 0 Å². The molecule has 4 nitrogen and oxygen atoms in total. The molecule has 2 aliphatic carbocycles. The number of hydrogen-bond donors (Lipinski definition) is 2. The largest absolute Gasteiger partial charge is 0.310 e. The molecule has 4 heteroatoms. The Hall–Kier alpha value is -6.52. The lowest BCUT2D eigenvalue weighted by Gasteiger charge is -2.27. The molecule has 0 saturated carbocycles. The molecular weight excluding hydrogens is 621 g/mol. The van der Waals surface area contributed by atoms with Crippen molar-refractivity contribution in [2.24, 2.45) is 5.10 Å². The van der Waals surface area contributed by atoms with Gasteiger partial charge in [0, 0.05) is 28.0 Å². The molecule has 2 aliphatic rings. The number of para-hydroxylation sites is 2. The molecule has 0 heterocycles. The quantitative estimate of drug-likeness (QED) is 0.175. The molecule has 0 saturated heterocycles. The molecule has 0 unspecified atom stereocenters. The number of nitrogens with one attached hydrogen (secondary N) is 2. The van der Waals surface area contributed by atoms with Crippen molar-refractivity contribution in [1.29, 1.82) is 5.41 Å². The van der Waals surface area contributed by atoms with Crippen molar-refractivity contribution < 1.29 is 0 Å². The average molecular weight is 657 g/mol. The van der Waals surface area contributed by atoms with E-state index in [9.17, 15) is 0 Å². The second kappa shape index (κ2) is 12.1. The van der Waals surface area contributed by atoms with Gasteiger partial charge in [-0.2, -0.15) is 5.10 Å². The Labute approximate surface area is 298 Å². The number of fused-ring (bicyclic) bond motifs is 6. The van der Waals surface area contributed by atoms with E-state index in [1.165, 1.54) is 22.3 Å². The van der Waals surface area contributed by atoms with Crippen molar-refractivity contribution in [3.63, 3.8) is 0 Å². The lowest BCUT2D eigenvalue weighted by atomic mass is 9.82. The molecule has 0 amide bonds. The van der Waals surface area contributed by atoms with Crippen LogP contribution in [-0.2, 0) is 5.41 Å². The normalized spacial score (nSPS) is 14.6. The maximum absolute atomic E-state index is 9.11. The molecule has 244 valence electrons. The van der Waals surface area contributed by atoms with Gasteiger partial charge in [-0.05, 0) is 110 Å². The highest BCUT2D eigenvalue weighted by Gasteiger charge is 2.35. The summed E-state index contributed by atoms with van der Waals surface area (Å²) in [5.41, 5.74) is 17.8. The number of nitrogens with zero attached hydrogens (tertiary/aromatic N) is 2. The molecule has 0 aromatic heterocycles. The van der Waals surface area contributed by atoms with Crippen molar-refractivity contribution in [3.8, 4) is 22.3 Å². The van der Waals surface area contributed by atoms with Gasteiger partial charge in [0.05, 0.1) is 11.4 Å². The smallest absolute Gasteiger partial charge is 0.109 e. The molecule has 9 rings (SSSR count). The van der Waals surface area contributed by atoms with Gasteiger partial charge in [-0.1, -0.05) is 123 Å². The van der Waals surface area contributed by atoms with Crippen molar-refractivity contribution in [2.45, 2.75) is 19.3 Å². The van der Waals surface area contributed by atoms with E-state index in [1.807, 2.05) is 42.5 Å². The highest BCUT2D eigenvalue weighted by atomic mass is 15.3. The van der Waals surface area contributed by atoms with Crippen LogP contribution in [0.2, 0.25) is 0 Å². The summed E-state index contributed by atoms with van der Waals surface area (Å²) in [5.74, 6) is 0. The van der Waals surface area contributed by atoms with Crippen molar-refractivity contribution in [1.82, 2.24) is 0 Å². The van der Waals surface area contributed by atoms with E-state index < -0.39 is 0 Å². The summed E-state index contributed by atoms with van der Waals surface area (Å²) >= 11 is 0. The van der Waals surface area contributed by atoms with E-state index >= 15 is 0 Å². The Morgan fingerprint density at radius 2 is 1.27 bits per heavy atom. The molecule has 0 atom stereocenters. The zero-order chi connectivity index (χ0) is 34.5. The topological polar surface area (TPSA) is 51.5 Å². The van der Waals surface area contributed by atoms with Crippen LogP contribution in [0.4, 0.5) is 22.7 Å². The predicted molar refractivity (Wildman–Crippen MR) is 215 cm³/mol. The maximum atomic E-state index is 9.11. The van der Waals surface area contributed by atoms with Crippen LogP contribution in [0.1, 0.15) is 36.1 Å². The first kappa shape index (κ1) is 30.5. The fourth-order valence-electron chi connectivity index (χ4n) is 7.75. The highest BCUT2D eigenvalue weighted by Crippen LogP contribution is 2.50. The molecule has 51 heavy (non-hydrogen) atoms. The molecule has 0 fully saturated rings. The van der Waals surface area contributed by atoms with Crippen LogP contribution in [0.25, 0.3) is 39.1 Å². The van der Waals surface area contributed by atoms with E-state index in [1.54, 1.807) is 0 Å². The van der Waals surface area contributed by atoms with Crippen molar-refractivity contribution >= 4 is 51.0 Å². The molecule has 2 N–H and O–H groups in total. The third-order valence-corrected chi connectivity index (χ3v) is 10.3. The summed E-state index contributed by atoms with van der Waals surface area (Å²) in [6.07, 6.45) is 3.96. The number of anilines is 4. The third kappa shape index (κ3) is 5.24. The van der Waals surface area contributed by atoms with Gasteiger partial charge in [-0.15, -0.1) is 0 Å². The minimum Gasteiger partial charge on any atom is -0.310 e. The standard InChI is InChI=1S/C47H36N4/c1-47(2)42-19-10-9-18-40(42)41-30-38(24-26-43(41)47)51(36-15-7-4-8-16-36)37-17-11-12-32(29-37)33-22-25-39-34(28-33)21-20-31-23-27-44(46(48)45(31)39)50-49-35-13-5-3-6-14-35/h3-30,48-49H,1-2H3/b48-46?,50-44-. The van der Waals surface area contributed by atoms with Crippen LogP contribution in [0.5, 0.6) is 0 Å². The molecule has 0 bridgehead atoms. The first-order chi connectivity index (χ1) is 25.0. The zero-order valence-corrected chi connectivity index (χ0v) is 28.6. The molecule has 0 radical (unpaired) electrons.